The fourth-order valence-corrected chi connectivity index (χ4v) is 6.04. The molecule has 4 rings (SSSR count). The smallest absolute Gasteiger partial charge is 0.216 e. The number of fused-ring (bicyclic) bond motifs is 3. The fourth-order valence-electron chi connectivity index (χ4n) is 4.52. The molecule has 7 nitrogen and oxygen atoms in total. The van der Waals surface area contributed by atoms with Crippen molar-refractivity contribution in [3.8, 4) is 6.07 Å². The average molecular weight is 491 g/mol. The van der Waals surface area contributed by atoms with Gasteiger partial charge < -0.3 is 25.0 Å². The number of halogens is 1. The van der Waals surface area contributed by atoms with E-state index in [0.29, 0.717) is 40.4 Å². The molecule has 3 N–H and O–H groups in total. The Morgan fingerprint density at radius 2 is 2.27 bits per heavy atom. The minimum Gasteiger partial charge on any atom is -0.390 e. The van der Waals surface area contributed by atoms with Gasteiger partial charge >= 0.3 is 0 Å². The maximum Gasteiger partial charge on any atom is 0.216 e. The number of nitriles is 1. The van der Waals surface area contributed by atoms with Gasteiger partial charge in [-0.1, -0.05) is 35.9 Å². The van der Waals surface area contributed by atoms with E-state index in [2.05, 4.69) is 11.4 Å². The maximum atomic E-state index is 11.8. The Balaban J connectivity index is 1.55. The van der Waals surface area contributed by atoms with Crippen molar-refractivity contribution in [1.82, 2.24) is 5.32 Å². The van der Waals surface area contributed by atoms with E-state index >= 15 is 0 Å². The predicted molar refractivity (Wildman–Crippen MR) is 127 cm³/mol. The number of thioether (sulfide) groups is 1. The molecular formula is C24H27ClN2O5S. The summed E-state index contributed by atoms with van der Waals surface area (Å²) in [5, 5.41) is 34.3. The normalized spacial score (nSPS) is 32.1. The fraction of sp³-hybridized carbons (Fsp3) is 0.500. The van der Waals surface area contributed by atoms with Crippen LogP contribution in [0.1, 0.15) is 37.0 Å². The first-order chi connectivity index (χ1) is 15.8. The largest absolute Gasteiger partial charge is 0.390 e. The predicted octanol–water partition coefficient (Wildman–Crippen LogP) is 2.68. The van der Waals surface area contributed by atoms with Gasteiger partial charge in [0, 0.05) is 24.8 Å². The molecule has 0 spiro atoms. The lowest BCUT2D eigenvalue weighted by atomic mass is 9.87. The van der Waals surface area contributed by atoms with Crippen LogP contribution in [-0.4, -0.2) is 58.3 Å². The Bertz CT molecular complexity index is 1040. The zero-order valence-corrected chi connectivity index (χ0v) is 20.0. The molecule has 1 fully saturated rings. The van der Waals surface area contributed by atoms with Crippen molar-refractivity contribution in [2.45, 2.75) is 62.1 Å². The lowest BCUT2D eigenvalue weighted by Gasteiger charge is -2.41. The van der Waals surface area contributed by atoms with Gasteiger partial charge in [0.05, 0.1) is 35.0 Å². The summed E-state index contributed by atoms with van der Waals surface area (Å²) in [5.74, 6) is 0.540. The second kappa shape index (κ2) is 9.79. The summed E-state index contributed by atoms with van der Waals surface area (Å²) >= 11 is 8.20. The molecule has 9 heteroatoms. The molecule has 1 aromatic carbocycles. The van der Waals surface area contributed by atoms with Gasteiger partial charge in [-0.2, -0.15) is 17.0 Å². The quantitative estimate of drug-likeness (QED) is 0.504. The van der Waals surface area contributed by atoms with Gasteiger partial charge in [0.15, 0.2) is 6.29 Å². The molecule has 3 aliphatic rings. The Hall–Kier alpha value is -1.86. The number of amides is 1. The number of carbonyl (C=O) groups is 1. The number of nitrogens with one attached hydrogen (secondary N) is 1. The minimum absolute atomic E-state index is 0.0953. The lowest BCUT2D eigenvalue weighted by Crippen LogP contribution is -2.50. The van der Waals surface area contributed by atoms with Gasteiger partial charge in [-0.05, 0) is 36.1 Å². The number of rotatable bonds is 7. The summed E-state index contributed by atoms with van der Waals surface area (Å²) in [6.45, 7) is 3.76. The van der Waals surface area contributed by atoms with Crippen LogP contribution in [0.25, 0.3) is 6.08 Å². The van der Waals surface area contributed by atoms with E-state index in [1.807, 2.05) is 18.2 Å². The molecule has 1 saturated heterocycles. The van der Waals surface area contributed by atoms with E-state index in [-0.39, 0.29) is 17.6 Å². The minimum atomic E-state index is -1.48. The van der Waals surface area contributed by atoms with Gasteiger partial charge in [-0.25, -0.2) is 0 Å². The highest BCUT2D eigenvalue weighted by molar-refractivity contribution is 7.99. The van der Waals surface area contributed by atoms with Crippen molar-refractivity contribution in [3.05, 3.63) is 51.6 Å². The number of carbonyl (C=O) groups excluding carboxylic acids is 1. The van der Waals surface area contributed by atoms with Gasteiger partial charge in [0.2, 0.25) is 5.91 Å². The monoisotopic (exact) mass is 490 g/mol. The van der Waals surface area contributed by atoms with Crippen LogP contribution in [0.3, 0.4) is 0 Å². The van der Waals surface area contributed by atoms with Crippen LogP contribution in [0.4, 0.5) is 0 Å². The number of aliphatic hydroxyl groups is 2. The third-order valence-corrected chi connectivity index (χ3v) is 7.99. The number of hydrogen-bond acceptors (Lipinski definition) is 7. The summed E-state index contributed by atoms with van der Waals surface area (Å²) in [6, 6.07) is 5.77. The van der Waals surface area contributed by atoms with Crippen LogP contribution in [0, 0.1) is 11.3 Å². The van der Waals surface area contributed by atoms with Crippen molar-refractivity contribution < 1.29 is 24.5 Å². The maximum absolute atomic E-state index is 11.8. The van der Waals surface area contributed by atoms with Crippen LogP contribution in [0.15, 0.2) is 29.9 Å². The molecule has 0 saturated carbocycles. The third-order valence-electron chi connectivity index (χ3n) is 6.27. The first-order valence-corrected chi connectivity index (χ1v) is 12.3. The number of benzene rings is 1. The first-order valence-electron chi connectivity index (χ1n) is 10.9. The lowest BCUT2D eigenvalue weighted by molar-refractivity contribution is -0.242. The zero-order chi connectivity index (χ0) is 23.8. The van der Waals surface area contributed by atoms with Crippen LogP contribution in [0.5, 0.6) is 0 Å². The summed E-state index contributed by atoms with van der Waals surface area (Å²) in [7, 11) is 0. The molecule has 0 bridgehead atoms. The van der Waals surface area contributed by atoms with E-state index in [4.69, 9.17) is 26.3 Å². The molecule has 0 radical (unpaired) electrons. The molecule has 176 valence electrons. The molecule has 0 aromatic heterocycles. The van der Waals surface area contributed by atoms with Crippen LogP contribution in [-0.2, 0) is 26.3 Å². The Kier molecular flexibility index (Phi) is 7.20. The van der Waals surface area contributed by atoms with Crippen molar-refractivity contribution in [2.24, 2.45) is 0 Å². The van der Waals surface area contributed by atoms with Crippen molar-refractivity contribution in [3.63, 3.8) is 0 Å². The second-order valence-electron chi connectivity index (χ2n) is 8.52. The van der Waals surface area contributed by atoms with E-state index in [9.17, 15) is 15.0 Å². The van der Waals surface area contributed by atoms with Crippen molar-refractivity contribution in [2.75, 3.05) is 12.3 Å². The standard InChI is InChI=1S/C24H27ClN2O5S/c1-13-18(29)12-19(33-10-9-27-14(2)28)23(31-13)32-20-6-5-17-11-16-4-3-15(7-8-26)22(25)21(16)24(17,20)30/h3-6,11,13,18-20,23,29-30H,7,9-10,12H2,1-2H3,(H,27,28)/t13?,18?,19?,20-,23?,24-/m0/s1. The zero-order valence-electron chi connectivity index (χ0n) is 18.5. The molecule has 2 aliphatic carbocycles. The highest BCUT2D eigenvalue weighted by atomic mass is 35.5. The van der Waals surface area contributed by atoms with Crippen LogP contribution in [0.2, 0.25) is 5.02 Å². The Morgan fingerprint density at radius 1 is 1.48 bits per heavy atom. The molecule has 33 heavy (non-hydrogen) atoms. The molecule has 1 aliphatic heterocycles. The van der Waals surface area contributed by atoms with E-state index in [0.717, 1.165) is 5.56 Å². The molecular weight excluding hydrogens is 464 g/mol. The van der Waals surface area contributed by atoms with Gasteiger partial charge in [-0.15, -0.1) is 0 Å². The molecule has 1 aromatic rings. The Morgan fingerprint density at radius 3 is 3.00 bits per heavy atom. The average Bonchev–Trinajstić information content (AvgIpc) is 3.22. The van der Waals surface area contributed by atoms with Gasteiger partial charge in [0.1, 0.15) is 11.7 Å². The highest BCUT2D eigenvalue weighted by Crippen LogP contribution is 2.52. The number of nitrogens with zero attached hydrogens (tertiary/aromatic N) is 1. The SMILES string of the molecule is CC(=O)NCCSC1CC(O)C(C)OC1O[C@H]1C=CC2=Cc3ccc(CC#N)c(Cl)c3[C@]21O. The summed E-state index contributed by atoms with van der Waals surface area (Å²) < 4.78 is 12.4. The summed E-state index contributed by atoms with van der Waals surface area (Å²) in [5.41, 5.74) is 1.19. The topological polar surface area (TPSA) is 112 Å². The third kappa shape index (κ3) is 4.59. The Labute approximate surface area is 202 Å². The van der Waals surface area contributed by atoms with Crippen molar-refractivity contribution >= 4 is 35.3 Å². The number of aliphatic hydroxyl groups excluding tert-OH is 1. The van der Waals surface area contributed by atoms with Crippen LogP contribution < -0.4 is 5.32 Å². The number of ether oxygens (including phenoxy) is 2. The van der Waals surface area contributed by atoms with E-state index in [1.165, 1.54) is 6.92 Å². The molecule has 1 heterocycles. The van der Waals surface area contributed by atoms with Crippen molar-refractivity contribution in [1.29, 1.82) is 5.26 Å². The molecule has 4 unspecified atom stereocenters. The van der Waals surface area contributed by atoms with Crippen LogP contribution >= 0.6 is 23.4 Å². The van der Waals surface area contributed by atoms with Gasteiger partial charge in [0.25, 0.3) is 0 Å². The van der Waals surface area contributed by atoms with E-state index < -0.39 is 30.2 Å². The van der Waals surface area contributed by atoms with Gasteiger partial charge in [-0.3, -0.25) is 4.79 Å². The molecule has 1 amide bonds. The first kappa shape index (κ1) is 24.3. The summed E-state index contributed by atoms with van der Waals surface area (Å²) in [4.78, 5) is 11.1. The highest BCUT2D eigenvalue weighted by Gasteiger charge is 2.52. The number of hydrogen-bond donors (Lipinski definition) is 3. The summed E-state index contributed by atoms with van der Waals surface area (Å²) in [6.07, 6.45) is 3.65. The molecule has 6 atom stereocenters. The second-order valence-corrected chi connectivity index (χ2v) is 10.2. The van der Waals surface area contributed by atoms with E-state index in [1.54, 1.807) is 30.8 Å².